The minimum absolute atomic E-state index is 0.148. The summed E-state index contributed by atoms with van der Waals surface area (Å²) in [5, 5.41) is 3.03. The number of amides is 1. The number of carbonyl (C=O) groups is 1. The molecule has 1 amide bonds. The van der Waals surface area contributed by atoms with E-state index >= 15 is 0 Å². The van der Waals surface area contributed by atoms with E-state index in [-0.39, 0.29) is 28.8 Å². The first-order valence-electron chi connectivity index (χ1n) is 10.9. The van der Waals surface area contributed by atoms with E-state index in [0.29, 0.717) is 33.1 Å². The number of anilines is 1. The van der Waals surface area contributed by atoms with E-state index in [0.717, 1.165) is 11.0 Å². The molecule has 0 atom stereocenters. The van der Waals surface area contributed by atoms with Crippen LogP contribution in [-0.4, -0.2) is 28.5 Å². The highest BCUT2D eigenvalue weighted by Crippen LogP contribution is 2.37. The van der Waals surface area contributed by atoms with E-state index in [1.165, 1.54) is 11.3 Å². The Hall–Kier alpha value is -3.88. The van der Waals surface area contributed by atoms with Crippen molar-refractivity contribution in [1.29, 1.82) is 0 Å². The molecule has 9 heteroatoms. The lowest BCUT2D eigenvalue weighted by atomic mass is 10.2. The fraction of sp³-hybridized carbons (Fsp3) is 0.115. The first-order chi connectivity index (χ1) is 17.0. The third-order valence-corrected chi connectivity index (χ3v) is 6.43. The molecule has 5 aromatic rings. The maximum Gasteiger partial charge on any atom is 0.274 e. The molecule has 1 N–H and O–H groups in total. The van der Waals surface area contributed by atoms with Crippen LogP contribution >= 0.6 is 22.9 Å². The van der Waals surface area contributed by atoms with E-state index < -0.39 is 0 Å². The molecular weight excluding hydrogens is 486 g/mol. The smallest absolute Gasteiger partial charge is 0.274 e. The van der Waals surface area contributed by atoms with Gasteiger partial charge in [0.2, 0.25) is 0 Å². The molecule has 0 bridgehead atoms. The van der Waals surface area contributed by atoms with Gasteiger partial charge in [-0.05, 0) is 55.0 Å². The van der Waals surface area contributed by atoms with Crippen molar-refractivity contribution in [2.75, 3.05) is 18.5 Å². The van der Waals surface area contributed by atoms with Crippen LogP contribution < -0.4 is 24.9 Å². The zero-order valence-corrected chi connectivity index (χ0v) is 20.2. The van der Waals surface area contributed by atoms with Gasteiger partial charge in [-0.1, -0.05) is 53.3 Å². The fourth-order valence-electron chi connectivity index (χ4n) is 3.69. The van der Waals surface area contributed by atoms with Gasteiger partial charge >= 0.3 is 0 Å². The van der Waals surface area contributed by atoms with Gasteiger partial charge in [-0.15, -0.1) is 0 Å². The molecule has 2 heterocycles. The topological polar surface area (TPSA) is 81.9 Å². The second kappa shape index (κ2) is 9.77. The van der Waals surface area contributed by atoms with Crippen LogP contribution in [0.25, 0.3) is 22.1 Å². The maximum absolute atomic E-state index is 13.1. The molecule has 35 heavy (non-hydrogen) atoms. The first-order valence-corrected chi connectivity index (χ1v) is 12.1. The van der Waals surface area contributed by atoms with E-state index in [9.17, 15) is 9.59 Å². The Morgan fingerprint density at radius 2 is 1.89 bits per heavy atom. The summed E-state index contributed by atoms with van der Waals surface area (Å²) in [5.41, 5.74) is 2.75. The number of imidazole rings is 1. The third-order valence-electron chi connectivity index (χ3n) is 5.18. The number of thiazole rings is 1. The van der Waals surface area contributed by atoms with Crippen molar-refractivity contribution in [2.24, 2.45) is 0 Å². The molecule has 7 nitrogen and oxygen atoms in total. The number of aromatic nitrogens is 2. The van der Waals surface area contributed by atoms with Crippen LogP contribution in [0.3, 0.4) is 0 Å². The molecule has 3 aromatic carbocycles. The minimum Gasteiger partial charge on any atom is -0.490 e. The van der Waals surface area contributed by atoms with Crippen LogP contribution in [0, 0.1) is 0 Å². The molecule has 0 aliphatic heterocycles. The number of carbonyl (C=O) groups excluding carboxylic acids is 1. The van der Waals surface area contributed by atoms with Gasteiger partial charge in [-0.2, -0.15) is 0 Å². The molecule has 176 valence electrons. The Morgan fingerprint density at radius 1 is 1.11 bits per heavy atom. The van der Waals surface area contributed by atoms with Crippen molar-refractivity contribution in [1.82, 2.24) is 9.38 Å². The summed E-state index contributed by atoms with van der Waals surface area (Å²) in [6.07, 6.45) is 1.75. The van der Waals surface area contributed by atoms with Crippen LogP contribution in [0.15, 0.2) is 71.5 Å². The van der Waals surface area contributed by atoms with Crippen LogP contribution in [0.5, 0.6) is 11.5 Å². The number of hydrogen-bond acceptors (Lipinski definition) is 6. The summed E-state index contributed by atoms with van der Waals surface area (Å²) < 4.78 is 13.6. The lowest BCUT2D eigenvalue weighted by Gasteiger charge is -2.14. The molecule has 0 radical (unpaired) electrons. The number of nitrogens with one attached hydrogen (secondary N) is 1. The van der Waals surface area contributed by atoms with Gasteiger partial charge in [-0.25, -0.2) is 9.38 Å². The Kier molecular flexibility index (Phi) is 6.39. The lowest BCUT2D eigenvalue weighted by Crippen LogP contribution is -2.22. The fourth-order valence-corrected chi connectivity index (χ4v) is 4.95. The third kappa shape index (κ3) is 4.71. The number of fused-ring (bicyclic) bond motifs is 3. The number of para-hydroxylation sites is 3. The molecule has 0 saturated heterocycles. The molecule has 2 aromatic heterocycles. The van der Waals surface area contributed by atoms with Gasteiger partial charge in [0.05, 0.1) is 27.2 Å². The highest BCUT2D eigenvalue weighted by Gasteiger charge is 2.15. The van der Waals surface area contributed by atoms with E-state index in [1.807, 2.05) is 49.4 Å². The molecule has 0 fully saturated rings. The summed E-state index contributed by atoms with van der Waals surface area (Å²) in [7, 11) is 0. The van der Waals surface area contributed by atoms with Gasteiger partial charge in [0, 0.05) is 5.69 Å². The number of nitrogens with zero attached hydrogens (tertiary/aromatic N) is 2. The highest BCUT2D eigenvalue weighted by molar-refractivity contribution is 7.15. The molecule has 5 rings (SSSR count). The van der Waals surface area contributed by atoms with Crippen molar-refractivity contribution >= 4 is 56.6 Å². The van der Waals surface area contributed by atoms with Crippen molar-refractivity contribution < 1.29 is 14.3 Å². The van der Waals surface area contributed by atoms with Crippen LogP contribution in [0.2, 0.25) is 5.02 Å². The Labute approximate surface area is 209 Å². The maximum atomic E-state index is 13.1. The molecule has 0 unspecified atom stereocenters. The monoisotopic (exact) mass is 505 g/mol. The predicted octanol–water partition coefficient (Wildman–Crippen LogP) is 4.53. The minimum atomic E-state index is -0.324. The second-order valence-corrected chi connectivity index (χ2v) is 9.02. The van der Waals surface area contributed by atoms with E-state index in [2.05, 4.69) is 10.3 Å². The summed E-state index contributed by atoms with van der Waals surface area (Å²) in [6, 6.07) is 20.0. The van der Waals surface area contributed by atoms with Crippen molar-refractivity contribution in [3.63, 3.8) is 0 Å². The zero-order chi connectivity index (χ0) is 24.4. The number of rotatable bonds is 7. The van der Waals surface area contributed by atoms with Gasteiger partial charge in [0.25, 0.3) is 11.5 Å². The summed E-state index contributed by atoms with van der Waals surface area (Å²) >= 11 is 7.81. The van der Waals surface area contributed by atoms with Crippen LogP contribution in [0.4, 0.5) is 5.69 Å². The number of halogens is 1. The second-order valence-electron chi connectivity index (χ2n) is 7.60. The quantitative estimate of drug-likeness (QED) is 0.351. The van der Waals surface area contributed by atoms with Gasteiger partial charge in [0.15, 0.2) is 23.1 Å². The molecule has 0 aliphatic carbocycles. The standard InChI is InChI=1S/C26H20ClN3O4S/c1-2-33-21-13-16(12-18(27)24(21)34-15-23(31)28-17-8-4-3-5-9-17)14-22-25(32)30-20-11-7-6-10-19(20)29-26(30)35-22/h3-14H,2,15H2,1H3,(H,28,31)/b22-14-. The highest BCUT2D eigenvalue weighted by atomic mass is 35.5. The Balaban J connectivity index is 1.44. The van der Waals surface area contributed by atoms with E-state index in [1.54, 1.807) is 34.7 Å². The SMILES string of the molecule is CCOc1cc(/C=c2\sc3nc4ccccc4n3c2=O)cc(Cl)c1OCC(=O)Nc1ccccc1. The summed E-state index contributed by atoms with van der Waals surface area (Å²) in [4.78, 5) is 30.5. The molecular formula is C26H20ClN3O4S. The molecule has 0 saturated carbocycles. The van der Waals surface area contributed by atoms with Crippen molar-refractivity contribution in [2.45, 2.75) is 6.92 Å². The predicted molar refractivity (Wildman–Crippen MR) is 139 cm³/mol. The Bertz CT molecular complexity index is 1650. The number of ether oxygens (including phenoxy) is 2. The van der Waals surface area contributed by atoms with Gasteiger partial charge < -0.3 is 14.8 Å². The van der Waals surface area contributed by atoms with Crippen LogP contribution in [-0.2, 0) is 4.79 Å². The van der Waals surface area contributed by atoms with E-state index in [4.69, 9.17) is 21.1 Å². The van der Waals surface area contributed by atoms with Gasteiger partial charge in [0.1, 0.15) is 0 Å². The van der Waals surface area contributed by atoms with Gasteiger partial charge in [-0.3, -0.25) is 9.59 Å². The lowest BCUT2D eigenvalue weighted by molar-refractivity contribution is -0.118. The Morgan fingerprint density at radius 3 is 2.69 bits per heavy atom. The number of benzene rings is 3. The first kappa shape index (κ1) is 22.9. The summed E-state index contributed by atoms with van der Waals surface area (Å²) in [5.74, 6) is 0.330. The normalized spacial score (nSPS) is 11.8. The van der Waals surface area contributed by atoms with Crippen molar-refractivity contribution in [3.05, 3.63) is 92.2 Å². The van der Waals surface area contributed by atoms with Crippen LogP contribution in [0.1, 0.15) is 12.5 Å². The largest absolute Gasteiger partial charge is 0.490 e. The number of hydrogen-bond donors (Lipinski definition) is 1. The van der Waals surface area contributed by atoms with Crippen molar-refractivity contribution in [3.8, 4) is 11.5 Å². The molecule has 0 spiro atoms. The average molecular weight is 506 g/mol. The zero-order valence-electron chi connectivity index (χ0n) is 18.7. The summed E-state index contributed by atoms with van der Waals surface area (Å²) in [6.45, 7) is 1.97. The molecule has 0 aliphatic rings. The average Bonchev–Trinajstić information content (AvgIpc) is 3.35.